The van der Waals surface area contributed by atoms with Crippen molar-refractivity contribution in [3.63, 3.8) is 0 Å². The molecule has 4 heteroatoms. The molecule has 0 saturated heterocycles. The van der Waals surface area contributed by atoms with Crippen molar-refractivity contribution in [2.45, 2.75) is 25.3 Å². The van der Waals surface area contributed by atoms with Crippen LogP contribution in [0.1, 0.15) is 29.8 Å². The molecule has 0 unspecified atom stereocenters. The number of Topliss-reactive ketones (excluding diaryl/α,β-unsaturated/α-hetero) is 1. The number of carbonyl (C=O) groups is 1. The lowest BCUT2D eigenvalue weighted by Crippen LogP contribution is -2.44. The minimum absolute atomic E-state index is 0.00894. The van der Waals surface area contributed by atoms with Gasteiger partial charge in [-0.25, -0.2) is 0 Å². The minimum Gasteiger partial charge on any atom is -0.461 e. The van der Waals surface area contributed by atoms with Crippen LogP contribution in [0.25, 0.3) is 0 Å². The van der Waals surface area contributed by atoms with Gasteiger partial charge in [0.25, 0.3) is 0 Å². The van der Waals surface area contributed by atoms with E-state index in [4.69, 9.17) is 9.52 Å². The second kappa shape index (κ2) is 5.27. The van der Waals surface area contributed by atoms with Crippen molar-refractivity contribution >= 4 is 5.78 Å². The molecular weight excluding hydrogens is 206 g/mol. The van der Waals surface area contributed by atoms with Crippen LogP contribution >= 0.6 is 0 Å². The van der Waals surface area contributed by atoms with E-state index in [0.29, 0.717) is 24.9 Å². The highest BCUT2D eigenvalue weighted by Crippen LogP contribution is 2.24. The number of nitrogens with zero attached hydrogens (tertiary/aromatic N) is 1. The monoisotopic (exact) mass is 223 g/mol. The number of ketones is 1. The third kappa shape index (κ3) is 2.51. The van der Waals surface area contributed by atoms with Gasteiger partial charge in [0.2, 0.25) is 5.78 Å². The van der Waals surface area contributed by atoms with Crippen molar-refractivity contribution in [2.24, 2.45) is 0 Å². The van der Waals surface area contributed by atoms with Crippen molar-refractivity contribution in [3.05, 3.63) is 24.2 Å². The Labute approximate surface area is 94.9 Å². The maximum atomic E-state index is 11.8. The molecule has 1 aliphatic carbocycles. The van der Waals surface area contributed by atoms with Crippen LogP contribution in [0.2, 0.25) is 0 Å². The fraction of sp³-hybridized carbons (Fsp3) is 0.583. The van der Waals surface area contributed by atoms with Crippen molar-refractivity contribution in [3.8, 4) is 0 Å². The third-order valence-corrected chi connectivity index (χ3v) is 3.12. The summed E-state index contributed by atoms with van der Waals surface area (Å²) in [5, 5.41) is 8.97. The molecule has 4 nitrogen and oxygen atoms in total. The molecular formula is C12H17NO3. The van der Waals surface area contributed by atoms with E-state index in [1.165, 1.54) is 12.7 Å². The highest BCUT2D eigenvalue weighted by Gasteiger charge is 2.26. The Hall–Kier alpha value is -1.13. The number of furan rings is 1. The van der Waals surface area contributed by atoms with E-state index in [1.54, 1.807) is 12.1 Å². The van der Waals surface area contributed by atoms with E-state index in [1.807, 2.05) is 4.90 Å². The first-order valence-corrected chi connectivity index (χ1v) is 5.73. The molecule has 16 heavy (non-hydrogen) atoms. The smallest absolute Gasteiger partial charge is 0.211 e. The summed E-state index contributed by atoms with van der Waals surface area (Å²) in [6.45, 7) is 1.01. The van der Waals surface area contributed by atoms with E-state index in [2.05, 4.69) is 0 Å². The van der Waals surface area contributed by atoms with Gasteiger partial charge in [-0.05, 0) is 25.0 Å². The lowest BCUT2D eigenvalue weighted by Gasteiger charge is -2.36. The summed E-state index contributed by atoms with van der Waals surface area (Å²) in [6.07, 6.45) is 4.99. The van der Waals surface area contributed by atoms with Gasteiger partial charge in [-0.3, -0.25) is 9.69 Å². The van der Waals surface area contributed by atoms with Crippen LogP contribution in [0.4, 0.5) is 0 Å². The summed E-state index contributed by atoms with van der Waals surface area (Å²) in [6, 6.07) is 3.86. The molecule has 1 aromatic heterocycles. The number of aliphatic hydroxyl groups excluding tert-OH is 1. The van der Waals surface area contributed by atoms with Gasteiger partial charge in [0.1, 0.15) is 0 Å². The molecule has 1 heterocycles. The zero-order chi connectivity index (χ0) is 11.4. The molecule has 0 radical (unpaired) electrons. The zero-order valence-corrected chi connectivity index (χ0v) is 9.26. The standard InChI is InChI=1S/C12H17NO3/c14-7-6-13(10-3-1-4-10)9-11(15)12-5-2-8-16-12/h2,5,8,10,14H,1,3-4,6-7,9H2. The highest BCUT2D eigenvalue weighted by molar-refractivity contribution is 5.95. The Balaban J connectivity index is 1.91. The molecule has 0 amide bonds. The molecule has 1 N–H and O–H groups in total. The number of carbonyl (C=O) groups excluding carboxylic acids is 1. The second-order valence-electron chi connectivity index (χ2n) is 4.18. The average molecular weight is 223 g/mol. The maximum Gasteiger partial charge on any atom is 0.211 e. The Morgan fingerprint density at radius 1 is 1.56 bits per heavy atom. The topological polar surface area (TPSA) is 53.7 Å². The Morgan fingerprint density at radius 2 is 2.38 bits per heavy atom. The Morgan fingerprint density at radius 3 is 2.88 bits per heavy atom. The molecule has 0 aromatic carbocycles. The summed E-state index contributed by atoms with van der Waals surface area (Å²) >= 11 is 0. The van der Waals surface area contributed by atoms with E-state index < -0.39 is 0 Å². The molecule has 2 rings (SSSR count). The Bertz CT molecular complexity index is 330. The SMILES string of the molecule is O=C(CN(CCO)C1CCC1)c1ccco1. The van der Waals surface area contributed by atoms with Crippen LogP contribution in [0.15, 0.2) is 22.8 Å². The first kappa shape index (κ1) is 11.4. The van der Waals surface area contributed by atoms with Gasteiger partial charge in [0.05, 0.1) is 19.4 Å². The van der Waals surface area contributed by atoms with Crippen LogP contribution < -0.4 is 0 Å². The van der Waals surface area contributed by atoms with Crippen molar-refractivity contribution in [1.82, 2.24) is 4.90 Å². The van der Waals surface area contributed by atoms with Crippen LogP contribution in [0, 0.1) is 0 Å². The molecule has 1 fully saturated rings. The largest absolute Gasteiger partial charge is 0.461 e. The zero-order valence-electron chi connectivity index (χ0n) is 9.26. The summed E-state index contributed by atoms with van der Waals surface area (Å²) in [4.78, 5) is 13.9. The lowest BCUT2D eigenvalue weighted by atomic mass is 9.91. The molecule has 1 aliphatic rings. The van der Waals surface area contributed by atoms with Gasteiger partial charge in [0.15, 0.2) is 5.76 Å². The van der Waals surface area contributed by atoms with Crippen LogP contribution in [-0.4, -0.2) is 41.5 Å². The van der Waals surface area contributed by atoms with Crippen molar-refractivity contribution in [2.75, 3.05) is 19.7 Å². The van der Waals surface area contributed by atoms with Crippen LogP contribution in [0.5, 0.6) is 0 Å². The average Bonchev–Trinajstić information content (AvgIpc) is 2.67. The van der Waals surface area contributed by atoms with Gasteiger partial charge in [-0.2, -0.15) is 0 Å². The van der Waals surface area contributed by atoms with E-state index in [9.17, 15) is 4.79 Å². The van der Waals surface area contributed by atoms with Gasteiger partial charge >= 0.3 is 0 Å². The van der Waals surface area contributed by atoms with E-state index >= 15 is 0 Å². The van der Waals surface area contributed by atoms with Gasteiger partial charge in [-0.15, -0.1) is 0 Å². The lowest BCUT2D eigenvalue weighted by molar-refractivity contribution is 0.0725. The molecule has 0 spiro atoms. The number of hydrogen-bond acceptors (Lipinski definition) is 4. The fourth-order valence-corrected chi connectivity index (χ4v) is 1.97. The molecule has 0 atom stereocenters. The fourth-order valence-electron chi connectivity index (χ4n) is 1.97. The summed E-state index contributed by atoms with van der Waals surface area (Å²) in [7, 11) is 0. The normalized spacial score (nSPS) is 16.4. The quantitative estimate of drug-likeness (QED) is 0.739. The van der Waals surface area contributed by atoms with Crippen molar-refractivity contribution in [1.29, 1.82) is 0 Å². The van der Waals surface area contributed by atoms with E-state index in [-0.39, 0.29) is 12.4 Å². The molecule has 1 aromatic rings. The maximum absolute atomic E-state index is 11.8. The highest BCUT2D eigenvalue weighted by atomic mass is 16.3. The molecule has 0 bridgehead atoms. The third-order valence-electron chi connectivity index (χ3n) is 3.12. The number of rotatable bonds is 6. The summed E-state index contributed by atoms with van der Waals surface area (Å²) in [5.74, 6) is 0.396. The van der Waals surface area contributed by atoms with Gasteiger partial charge < -0.3 is 9.52 Å². The van der Waals surface area contributed by atoms with Gasteiger partial charge in [-0.1, -0.05) is 6.42 Å². The molecule has 1 saturated carbocycles. The predicted molar refractivity (Wildman–Crippen MR) is 59.3 cm³/mol. The van der Waals surface area contributed by atoms with Crippen LogP contribution in [0.3, 0.4) is 0 Å². The first-order valence-electron chi connectivity index (χ1n) is 5.73. The molecule has 88 valence electrons. The Kier molecular flexibility index (Phi) is 3.74. The summed E-state index contributed by atoms with van der Waals surface area (Å²) < 4.78 is 5.07. The summed E-state index contributed by atoms with van der Waals surface area (Å²) in [5.41, 5.74) is 0. The van der Waals surface area contributed by atoms with E-state index in [0.717, 1.165) is 12.8 Å². The van der Waals surface area contributed by atoms with Crippen LogP contribution in [-0.2, 0) is 0 Å². The first-order chi connectivity index (χ1) is 7.81. The number of aliphatic hydroxyl groups is 1. The number of hydrogen-bond donors (Lipinski definition) is 1. The van der Waals surface area contributed by atoms with Gasteiger partial charge in [0, 0.05) is 12.6 Å². The molecule has 0 aliphatic heterocycles. The second-order valence-corrected chi connectivity index (χ2v) is 4.18. The predicted octanol–water partition coefficient (Wildman–Crippen LogP) is 1.31. The van der Waals surface area contributed by atoms with Crippen molar-refractivity contribution < 1.29 is 14.3 Å². The minimum atomic E-state index is -0.00894.